The molecule has 7 heteroatoms. The van der Waals surface area contributed by atoms with E-state index in [9.17, 15) is 4.79 Å². The number of methoxy groups -OCH3 is 2. The zero-order valence-electron chi connectivity index (χ0n) is 12.0. The Kier molecular flexibility index (Phi) is 5.90. The predicted octanol–water partition coefficient (Wildman–Crippen LogP) is 4.04. The molecular weight excluding hydrogens is 372 g/mol. The summed E-state index contributed by atoms with van der Waals surface area (Å²) in [5, 5.41) is 3.15. The summed E-state index contributed by atoms with van der Waals surface area (Å²) in [7, 11) is 3.06. The Labute approximate surface area is 141 Å². The van der Waals surface area contributed by atoms with Crippen LogP contribution in [0.25, 0.3) is 0 Å². The minimum atomic E-state index is -0.510. The van der Waals surface area contributed by atoms with E-state index >= 15 is 0 Å². The summed E-state index contributed by atoms with van der Waals surface area (Å²) in [5.74, 6) is -0.349. The molecule has 1 amide bonds. The van der Waals surface area contributed by atoms with Crippen molar-refractivity contribution in [3.8, 4) is 0 Å². The number of hydrogen-bond donors (Lipinski definition) is 1. The first-order valence-electron chi connectivity index (χ1n) is 6.33. The number of amides is 1. The maximum atomic E-state index is 12.2. The lowest BCUT2D eigenvalue weighted by Gasteiger charge is -2.13. The number of carbonyl (C=O) groups is 1. The van der Waals surface area contributed by atoms with E-state index in [1.54, 1.807) is 30.3 Å². The summed E-state index contributed by atoms with van der Waals surface area (Å²) in [5.41, 5.74) is 1.51. The molecule has 1 heterocycles. The Morgan fingerprint density at radius 3 is 2.59 bits per heavy atom. The maximum Gasteiger partial charge on any atom is 0.274 e. The van der Waals surface area contributed by atoms with Crippen molar-refractivity contribution in [2.45, 2.75) is 6.29 Å². The van der Waals surface area contributed by atoms with Crippen LogP contribution in [0.3, 0.4) is 0 Å². The van der Waals surface area contributed by atoms with Crippen molar-refractivity contribution in [1.29, 1.82) is 0 Å². The summed E-state index contributed by atoms with van der Waals surface area (Å²) in [6.07, 6.45) is 1.03. The highest BCUT2D eigenvalue weighted by Gasteiger charge is 2.13. The number of rotatable bonds is 5. The maximum absolute atomic E-state index is 12.2. The van der Waals surface area contributed by atoms with Crippen LogP contribution < -0.4 is 5.32 Å². The highest BCUT2D eigenvalue weighted by Crippen LogP contribution is 2.30. The average molecular weight is 386 g/mol. The van der Waals surface area contributed by atoms with Crippen molar-refractivity contribution >= 4 is 39.1 Å². The minimum absolute atomic E-state index is 0.269. The van der Waals surface area contributed by atoms with Crippen LogP contribution in [0.15, 0.2) is 41.0 Å². The van der Waals surface area contributed by atoms with Crippen molar-refractivity contribution in [2.24, 2.45) is 0 Å². The summed E-state index contributed by atoms with van der Waals surface area (Å²) in [4.78, 5) is 16.3. The van der Waals surface area contributed by atoms with E-state index in [-0.39, 0.29) is 11.6 Å². The molecule has 1 aromatic carbocycles. The van der Waals surface area contributed by atoms with E-state index in [1.165, 1.54) is 20.4 Å². The Balaban J connectivity index is 2.15. The van der Waals surface area contributed by atoms with Gasteiger partial charge >= 0.3 is 0 Å². The van der Waals surface area contributed by atoms with Gasteiger partial charge in [-0.25, -0.2) is 0 Å². The Hall–Kier alpha value is -1.47. The molecule has 0 radical (unpaired) electrons. The molecule has 22 heavy (non-hydrogen) atoms. The van der Waals surface area contributed by atoms with Crippen LogP contribution in [-0.2, 0) is 9.47 Å². The van der Waals surface area contributed by atoms with Crippen molar-refractivity contribution in [1.82, 2.24) is 4.98 Å². The molecule has 0 bridgehead atoms. The van der Waals surface area contributed by atoms with Crippen LogP contribution in [0, 0.1) is 0 Å². The number of nitrogens with one attached hydrogen (secondary N) is 1. The standard InChI is InChI=1S/C15H14BrClN2O3/c1-21-15(22-2)9-6-7-12(18-8-9)14(20)19-11-5-3-4-10(16)13(11)17/h3-8,15H,1-2H3,(H,19,20). The molecule has 2 rings (SSSR count). The second-order valence-electron chi connectivity index (χ2n) is 4.34. The van der Waals surface area contributed by atoms with Crippen molar-refractivity contribution in [3.63, 3.8) is 0 Å². The molecule has 5 nitrogen and oxygen atoms in total. The molecule has 2 aromatic rings. The number of aromatic nitrogens is 1. The first-order valence-corrected chi connectivity index (χ1v) is 7.50. The van der Waals surface area contributed by atoms with Gasteiger partial charge in [0.05, 0.1) is 10.7 Å². The molecule has 0 atom stereocenters. The van der Waals surface area contributed by atoms with E-state index in [1.807, 2.05) is 0 Å². The second kappa shape index (κ2) is 7.69. The van der Waals surface area contributed by atoms with Crippen molar-refractivity contribution < 1.29 is 14.3 Å². The lowest BCUT2D eigenvalue weighted by molar-refractivity contribution is -0.106. The summed E-state index contributed by atoms with van der Waals surface area (Å²) in [6.45, 7) is 0. The van der Waals surface area contributed by atoms with E-state index in [0.29, 0.717) is 15.2 Å². The van der Waals surface area contributed by atoms with Crippen LogP contribution in [0.4, 0.5) is 5.69 Å². The zero-order chi connectivity index (χ0) is 16.1. The predicted molar refractivity (Wildman–Crippen MR) is 88.1 cm³/mol. The van der Waals surface area contributed by atoms with E-state index in [2.05, 4.69) is 26.2 Å². The Morgan fingerprint density at radius 1 is 1.27 bits per heavy atom. The number of benzene rings is 1. The number of anilines is 1. The molecule has 0 aliphatic heterocycles. The van der Waals surface area contributed by atoms with Crippen LogP contribution in [-0.4, -0.2) is 25.1 Å². The number of nitrogens with zero attached hydrogens (tertiary/aromatic N) is 1. The fourth-order valence-corrected chi connectivity index (χ4v) is 2.37. The number of hydrogen-bond acceptors (Lipinski definition) is 4. The van der Waals surface area contributed by atoms with Gasteiger partial charge in [0, 0.05) is 30.5 Å². The van der Waals surface area contributed by atoms with Gasteiger partial charge in [0.15, 0.2) is 6.29 Å². The number of pyridine rings is 1. The van der Waals surface area contributed by atoms with E-state index < -0.39 is 6.29 Å². The molecule has 1 aromatic heterocycles. The van der Waals surface area contributed by atoms with Gasteiger partial charge in [-0.05, 0) is 34.1 Å². The third-order valence-electron chi connectivity index (χ3n) is 2.92. The fourth-order valence-electron chi connectivity index (χ4n) is 1.83. The number of ether oxygens (including phenoxy) is 2. The molecular formula is C15H14BrClN2O3. The quantitative estimate of drug-likeness (QED) is 0.789. The third kappa shape index (κ3) is 3.84. The molecule has 1 N–H and O–H groups in total. The molecule has 0 saturated carbocycles. The molecule has 0 unspecified atom stereocenters. The van der Waals surface area contributed by atoms with Gasteiger partial charge in [0.2, 0.25) is 0 Å². The van der Waals surface area contributed by atoms with Crippen LogP contribution in [0.5, 0.6) is 0 Å². The highest BCUT2D eigenvalue weighted by molar-refractivity contribution is 9.10. The van der Waals surface area contributed by atoms with Gasteiger partial charge < -0.3 is 14.8 Å². The monoisotopic (exact) mass is 384 g/mol. The summed E-state index contributed by atoms with van der Waals surface area (Å²) < 4.78 is 11.0. The normalized spacial score (nSPS) is 10.8. The van der Waals surface area contributed by atoms with Gasteiger partial charge in [0.25, 0.3) is 5.91 Å². The highest BCUT2D eigenvalue weighted by atomic mass is 79.9. The first-order chi connectivity index (χ1) is 10.6. The largest absolute Gasteiger partial charge is 0.352 e. The lowest BCUT2D eigenvalue weighted by Crippen LogP contribution is -2.14. The number of halogens is 2. The van der Waals surface area contributed by atoms with Crippen LogP contribution in [0.2, 0.25) is 5.02 Å². The fraction of sp³-hybridized carbons (Fsp3) is 0.200. The van der Waals surface area contributed by atoms with Gasteiger partial charge in [-0.1, -0.05) is 23.7 Å². The van der Waals surface area contributed by atoms with E-state index in [0.717, 1.165) is 5.56 Å². The van der Waals surface area contributed by atoms with E-state index in [4.69, 9.17) is 21.1 Å². The minimum Gasteiger partial charge on any atom is -0.352 e. The van der Waals surface area contributed by atoms with Crippen LogP contribution in [0.1, 0.15) is 22.3 Å². The summed E-state index contributed by atoms with van der Waals surface area (Å²) in [6, 6.07) is 8.61. The van der Waals surface area contributed by atoms with Gasteiger partial charge in [-0.3, -0.25) is 9.78 Å². The van der Waals surface area contributed by atoms with Gasteiger partial charge in [-0.2, -0.15) is 0 Å². The first kappa shape index (κ1) is 16.9. The Morgan fingerprint density at radius 2 is 2.00 bits per heavy atom. The van der Waals surface area contributed by atoms with Crippen molar-refractivity contribution in [2.75, 3.05) is 19.5 Å². The van der Waals surface area contributed by atoms with Crippen molar-refractivity contribution in [3.05, 3.63) is 57.3 Å². The topological polar surface area (TPSA) is 60.5 Å². The zero-order valence-corrected chi connectivity index (χ0v) is 14.3. The molecule has 0 spiro atoms. The van der Waals surface area contributed by atoms with Crippen LogP contribution >= 0.6 is 27.5 Å². The smallest absolute Gasteiger partial charge is 0.274 e. The summed E-state index contributed by atoms with van der Waals surface area (Å²) >= 11 is 9.42. The molecule has 0 saturated heterocycles. The van der Waals surface area contributed by atoms with Gasteiger partial charge in [-0.15, -0.1) is 0 Å². The van der Waals surface area contributed by atoms with Gasteiger partial charge in [0.1, 0.15) is 5.69 Å². The third-order valence-corrected chi connectivity index (χ3v) is 4.22. The average Bonchev–Trinajstić information content (AvgIpc) is 2.53. The SMILES string of the molecule is COC(OC)c1ccc(C(=O)Nc2cccc(Br)c2Cl)nc1. The molecule has 0 aliphatic rings. The molecule has 116 valence electrons. The lowest BCUT2D eigenvalue weighted by atomic mass is 10.2. The second-order valence-corrected chi connectivity index (χ2v) is 5.57. The Bertz CT molecular complexity index is 660. The molecule has 0 aliphatic carbocycles. The molecule has 0 fully saturated rings. The number of carbonyl (C=O) groups excluding carboxylic acids is 1.